The molecule has 1 fully saturated rings. The first-order valence-corrected chi connectivity index (χ1v) is 12.1. The summed E-state index contributed by atoms with van der Waals surface area (Å²) in [5.41, 5.74) is -0.790. The summed E-state index contributed by atoms with van der Waals surface area (Å²) in [7, 11) is -16.7. The number of hydrogen-bond donors (Lipinski definition) is 7. The summed E-state index contributed by atoms with van der Waals surface area (Å²) in [5, 5.41) is 20.0. The van der Waals surface area contributed by atoms with Gasteiger partial charge in [0.1, 0.15) is 23.0 Å². The summed E-state index contributed by atoms with van der Waals surface area (Å²) in [4.78, 5) is 49.4. The second kappa shape index (κ2) is 8.86. The van der Waals surface area contributed by atoms with Crippen molar-refractivity contribution in [1.29, 1.82) is 0 Å². The average Bonchev–Trinajstić information content (AvgIpc) is 2.78. The highest BCUT2D eigenvalue weighted by atomic mass is 32.1. The van der Waals surface area contributed by atoms with Crippen molar-refractivity contribution in [3.63, 3.8) is 0 Å². The Balaban J connectivity index is 2.06. The molecule has 1 saturated heterocycles. The lowest BCUT2D eigenvalue weighted by atomic mass is 10.1. The van der Waals surface area contributed by atoms with Crippen LogP contribution in [0.4, 0.5) is 0 Å². The molecule has 2 heterocycles. The summed E-state index contributed by atoms with van der Waals surface area (Å²) in [6.07, 6.45) is -5.23. The highest BCUT2D eigenvalue weighted by Gasteiger charge is 2.46. The SMILES string of the molecule is O=c1[nH]c(=S)ccn1[C@@H]1O[C@H](COP(=O)(O)OP(=O)(O)OP(=O)(O)O)[C@@H](O)[C@H]1O. The van der Waals surface area contributed by atoms with Crippen LogP contribution in [0, 0.1) is 4.64 Å². The zero-order chi connectivity index (χ0) is 22.2. The Hall–Kier alpha value is -0.610. The van der Waals surface area contributed by atoms with Gasteiger partial charge in [-0.05, 0) is 6.07 Å². The Labute approximate surface area is 165 Å². The number of nitrogens with zero attached hydrogens (tertiary/aromatic N) is 1. The third-order valence-corrected chi connectivity index (χ3v) is 7.32. The van der Waals surface area contributed by atoms with E-state index in [9.17, 15) is 33.6 Å². The van der Waals surface area contributed by atoms with Crippen LogP contribution in [0.1, 0.15) is 6.23 Å². The fourth-order valence-electron chi connectivity index (χ4n) is 2.20. The van der Waals surface area contributed by atoms with Crippen LogP contribution in [0.2, 0.25) is 0 Å². The fourth-order valence-corrected chi connectivity index (χ4v) is 5.37. The molecule has 1 aliphatic rings. The Bertz CT molecular complexity index is 1000. The summed E-state index contributed by atoms with van der Waals surface area (Å²) < 4.78 is 51.0. The van der Waals surface area contributed by atoms with Gasteiger partial charge in [-0.2, -0.15) is 8.62 Å². The van der Waals surface area contributed by atoms with E-state index >= 15 is 0 Å². The second-order valence-electron chi connectivity index (χ2n) is 5.45. The topological polar surface area (TPSA) is 247 Å². The number of aliphatic hydroxyl groups excluding tert-OH is 2. The van der Waals surface area contributed by atoms with Crippen molar-refractivity contribution in [3.8, 4) is 0 Å². The molecule has 16 nitrogen and oxygen atoms in total. The van der Waals surface area contributed by atoms with E-state index in [1.54, 1.807) is 0 Å². The van der Waals surface area contributed by atoms with Crippen LogP contribution in [-0.4, -0.2) is 64.3 Å². The van der Waals surface area contributed by atoms with Gasteiger partial charge in [-0.3, -0.25) is 14.1 Å². The van der Waals surface area contributed by atoms with Crippen LogP contribution in [0.25, 0.3) is 0 Å². The number of ether oxygens (including phenoxy) is 1. The van der Waals surface area contributed by atoms with Gasteiger partial charge in [-0.15, -0.1) is 0 Å². The third kappa shape index (κ3) is 6.95. The zero-order valence-corrected chi connectivity index (χ0v) is 17.3. The van der Waals surface area contributed by atoms with E-state index in [-0.39, 0.29) is 4.64 Å². The molecule has 2 rings (SSSR count). The highest BCUT2D eigenvalue weighted by Crippen LogP contribution is 2.66. The van der Waals surface area contributed by atoms with Crippen LogP contribution in [-0.2, 0) is 31.6 Å². The molecular formula is C9H15N2O14P3S. The van der Waals surface area contributed by atoms with E-state index < -0.39 is 60.3 Å². The number of aromatic nitrogens is 2. The van der Waals surface area contributed by atoms with Crippen molar-refractivity contribution in [2.45, 2.75) is 24.5 Å². The molecule has 0 aliphatic carbocycles. The molecule has 0 bridgehead atoms. The number of aliphatic hydroxyl groups is 2. The van der Waals surface area contributed by atoms with Gasteiger partial charge in [-0.25, -0.2) is 18.5 Å². The maximum atomic E-state index is 11.9. The Morgan fingerprint density at radius 2 is 1.72 bits per heavy atom. The molecule has 0 aromatic carbocycles. The highest BCUT2D eigenvalue weighted by molar-refractivity contribution is 7.71. The minimum absolute atomic E-state index is 0.0866. The number of H-pyrrole nitrogens is 1. The van der Waals surface area contributed by atoms with Crippen molar-refractivity contribution in [1.82, 2.24) is 9.55 Å². The number of aromatic amines is 1. The molecule has 1 aromatic heterocycles. The Morgan fingerprint density at radius 1 is 1.10 bits per heavy atom. The van der Waals surface area contributed by atoms with Crippen LogP contribution in [0.5, 0.6) is 0 Å². The monoisotopic (exact) mass is 500 g/mol. The quantitative estimate of drug-likeness (QED) is 0.165. The molecule has 0 spiro atoms. The van der Waals surface area contributed by atoms with Crippen molar-refractivity contribution < 1.29 is 61.4 Å². The minimum atomic E-state index is -5.71. The van der Waals surface area contributed by atoms with Crippen molar-refractivity contribution in [2.24, 2.45) is 0 Å². The number of phosphoric ester groups is 1. The van der Waals surface area contributed by atoms with Gasteiger partial charge in [0.05, 0.1) is 6.61 Å². The first kappa shape index (κ1) is 24.7. The number of phosphoric acid groups is 3. The van der Waals surface area contributed by atoms with E-state index in [4.69, 9.17) is 31.6 Å². The summed E-state index contributed by atoms with van der Waals surface area (Å²) in [6.45, 7) is -1.00. The summed E-state index contributed by atoms with van der Waals surface area (Å²) in [6, 6.07) is 1.29. The van der Waals surface area contributed by atoms with Gasteiger partial charge in [0.15, 0.2) is 6.23 Å². The molecule has 29 heavy (non-hydrogen) atoms. The standard InChI is InChI=1S/C9H15N2O14P3S/c12-6-4(3-22-27(18,19)25-28(20,21)24-26(15,16)17)23-8(7(6)13)11-2-1-5(29)10-9(11)14/h1-2,4,6-8,12-13H,3H2,(H,18,19)(H,20,21)(H,10,14,29)(H2,15,16,17)/t4-,6-,7-,8-/m1/s1. The largest absolute Gasteiger partial charge is 0.490 e. The lowest BCUT2D eigenvalue weighted by Crippen LogP contribution is -2.36. The maximum Gasteiger partial charge on any atom is 0.490 e. The Kier molecular flexibility index (Phi) is 7.54. The minimum Gasteiger partial charge on any atom is -0.387 e. The van der Waals surface area contributed by atoms with E-state index in [0.717, 1.165) is 10.8 Å². The predicted octanol–water partition coefficient (Wildman–Crippen LogP) is -1.13. The number of nitrogens with one attached hydrogen (secondary N) is 1. The van der Waals surface area contributed by atoms with Crippen molar-refractivity contribution in [2.75, 3.05) is 6.61 Å². The molecule has 0 saturated carbocycles. The van der Waals surface area contributed by atoms with E-state index in [1.807, 2.05) is 0 Å². The van der Waals surface area contributed by atoms with Crippen LogP contribution in [0.15, 0.2) is 17.1 Å². The first-order chi connectivity index (χ1) is 13.1. The van der Waals surface area contributed by atoms with Crippen LogP contribution in [0.3, 0.4) is 0 Å². The average molecular weight is 500 g/mol. The molecule has 7 N–H and O–H groups in total. The summed E-state index contributed by atoms with van der Waals surface area (Å²) in [5.74, 6) is 0. The smallest absolute Gasteiger partial charge is 0.387 e. The Morgan fingerprint density at radius 3 is 2.28 bits per heavy atom. The van der Waals surface area contributed by atoms with Gasteiger partial charge in [0.25, 0.3) is 0 Å². The molecule has 1 aromatic rings. The van der Waals surface area contributed by atoms with Gasteiger partial charge < -0.3 is 34.5 Å². The van der Waals surface area contributed by atoms with Crippen molar-refractivity contribution >= 4 is 35.7 Å². The molecule has 0 radical (unpaired) electrons. The maximum absolute atomic E-state index is 11.9. The lowest BCUT2D eigenvalue weighted by molar-refractivity contribution is -0.0542. The van der Waals surface area contributed by atoms with E-state index in [1.165, 1.54) is 6.07 Å². The predicted molar refractivity (Wildman–Crippen MR) is 91.6 cm³/mol. The fraction of sp³-hybridized carbons (Fsp3) is 0.556. The number of hydrogen-bond acceptors (Lipinski definition) is 11. The normalized spacial score (nSPS) is 29.3. The van der Waals surface area contributed by atoms with Crippen molar-refractivity contribution in [3.05, 3.63) is 27.4 Å². The second-order valence-corrected chi connectivity index (χ2v) is 10.3. The lowest BCUT2D eigenvalue weighted by Gasteiger charge is -2.19. The summed E-state index contributed by atoms with van der Waals surface area (Å²) >= 11 is 4.75. The van der Waals surface area contributed by atoms with Gasteiger partial charge >= 0.3 is 29.2 Å². The van der Waals surface area contributed by atoms with E-state index in [2.05, 4.69) is 18.1 Å². The molecule has 20 heteroatoms. The molecular weight excluding hydrogens is 485 g/mol. The van der Waals surface area contributed by atoms with Gasteiger partial charge in [0, 0.05) is 6.20 Å². The molecule has 2 unspecified atom stereocenters. The molecule has 0 amide bonds. The molecule has 1 aliphatic heterocycles. The van der Waals surface area contributed by atoms with Crippen LogP contribution < -0.4 is 5.69 Å². The van der Waals surface area contributed by atoms with E-state index in [0.29, 0.717) is 0 Å². The molecule has 166 valence electrons. The zero-order valence-electron chi connectivity index (χ0n) is 13.8. The molecule has 6 atom stereocenters. The van der Waals surface area contributed by atoms with Gasteiger partial charge in [0.2, 0.25) is 0 Å². The first-order valence-electron chi connectivity index (χ1n) is 7.22. The van der Waals surface area contributed by atoms with Gasteiger partial charge in [-0.1, -0.05) is 12.2 Å². The number of rotatable bonds is 8. The van der Waals surface area contributed by atoms with Crippen LogP contribution >= 0.6 is 35.7 Å². The third-order valence-electron chi connectivity index (χ3n) is 3.28.